The first-order valence-corrected chi connectivity index (χ1v) is 7.53. The Morgan fingerprint density at radius 1 is 1.33 bits per heavy atom. The van der Waals surface area contributed by atoms with Crippen LogP contribution >= 0.6 is 34.5 Å². The van der Waals surface area contributed by atoms with Crippen LogP contribution in [-0.2, 0) is 10.0 Å². The van der Waals surface area contributed by atoms with Crippen LogP contribution in [0.2, 0.25) is 9.49 Å². The van der Waals surface area contributed by atoms with Gasteiger partial charge in [-0.15, -0.1) is 0 Å². The highest BCUT2D eigenvalue weighted by molar-refractivity contribution is 7.94. The molecule has 0 bridgehead atoms. The summed E-state index contributed by atoms with van der Waals surface area (Å²) < 4.78 is 38.9. The molecular formula is C9H5Cl2FN2O2S2. The molecule has 96 valence electrons. The van der Waals surface area contributed by atoms with Gasteiger partial charge in [0.1, 0.15) is 5.82 Å². The van der Waals surface area contributed by atoms with Gasteiger partial charge in [0.25, 0.3) is 10.0 Å². The fourth-order valence-corrected chi connectivity index (χ4v) is 3.77. The van der Waals surface area contributed by atoms with E-state index in [1.54, 1.807) is 0 Å². The molecule has 0 atom stereocenters. The van der Waals surface area contributed by atoms with Gasteiger partial charge in [-0.25, -0.2) is 17.8 Å². The third-order valence-corrected chi connectivity index (χ3v) is 5.15. The van der Waals surface area contributed by atoms with Gasteiger partial charge in [-0.2, -0.15) is 0 Å². The van der Waals surface area contributed by atoms with Gasteiger partial charge in [-0.1, -0.05) is 34.5 Å². The van der Waals surface area contributed by atoms with Crippen molar-refractivity contribution in [2.24, 2.45) is 0 Å². The van der Waals surface area contributed by atoms with E-state index in [4.69, 9.17) is 23.2 Å². The van der Waals surface area contributed by atoms with Gasteiger partial charge in [0.05, 0.1) is 16.9 Å². The number of anilines is 1. The van der Waals surface area contributed by atoms with E-state index in [1.807, 2.05) is 0 Å². The topological polar surface area (TPSA) is 59.1 Å². The Balaban J connectivity index is 2.33. The van der Waals surface area contributed by atoms with Crippen molar-refractivity contribution < 1.29 is 12.8 Å². The van der Waals surface area contributed by atoms with Crippen LogP contribution in [0.4, 0.5) is 10.1 Å². The second-order valence-corrected chi connectivity index (χ2v) is 7.09. The zero-order valence-corrected chi connectivity index (χ0v) is 11.7. The summed E-state index contributed by atoms with van der Waals surface area (Å²) in [6.07, 6.45) is 1.13. The van der Waals surface area contributed by atoms with Gasteiger partial charge in [0, 0.05) is 0 Å². The maximum atomic E-state index is 12.8. The number of thiazole rings is 1. The van der Waals surface area contributed by atoms with E-state index < -0.39 is 15.8 Å². The molecule has 4 nitrogen and oxygen atoms in total. The number of halogens is 3. The molecule has 0 saturated heterocycles. The van der Waals surface area contributed by atoms with Gasteiger partial charge in [-0.3, -0.25) is 4.72 Å². The Kier molecular flexibility index (Phi) is 3.76. The van der Waals surface area contributed by atoms with Crippen molar-refractivity contribution in [3.8, 4) is 0 Å². The first-order valence-electron chi connectivity index (χ1n) is 4.48. The van der Waals surface area contributed by atoms with Crippen molar-refractivity contribution in [3.63, 3.8) is 0 Å². The summed E-state index contributed by atoms with van der Waals surface area (Å²) in [5.74, 6) is -0.552. The normalized spacial score (nSPS) is 11.5. The number of hydrogen-bond acceptors (Lipinski definition) is 4. The van der Waals surface area contributed by atoms with Crippen LogP contribution in [0.15, 0.2) is 28.6 Å². The number of benzene rings is 1. The average Bonchev–Trinajstić information content (AvgIpc) is 2.70. The maximum Gasteiger partial charge on any atom is 0.273 e. The molecule has 1 heterocycles. The zero-order chi connectivity index (χ0) is 13.3. The molecule has 9 heteroatoms. The monoisotopic (exact) mass is 326 g/mol. The number of nitrogens with one attached hydrogen (secondary N) is 1. The van der Waals surface area contributed by atoms with Crippen LogP contribution in [-0.4, -0.2) is 13.4 Å². The zero-order valence-electron chi connectivity index (χ0n) is 8.52. The lowest BCUT2D eigenvalue weighted by Gasteiger charge is -2.07. The molecule has 0 aliphatic carbocycles. The Hall–Kier alpha value is -0.890. The molecule has 0 aliphatic rings. The Bertz CT molecular complexity index is 688. The first-order chi connectivity index (χ1) is 8.38. The fourth-order valence-electron chi connectivity index (χ4n) is 1.13. The third-order valence-electron chi connectivity index (χ3n) is 1.90. The van der Waals surface area contributed by atoms with Gasteiger partial charge in [0.2, 0.25) is 0 Å². The second-order valence-electron chi connectivity index (χ2n) is 3.16. The number of sulfonamides is 1. The van der Waals surface area contributed by atoms with Crippen molar-refractivity contribution in [2.75, 3.05) is 4.72 Å². The molecule has 2 aromatic rings. The first kappa shape index (κ1) is 13.5. The molecule has 0 aliphatic heterocycles. The highest BCUT2D eigenvalue weighted by Crippen LogP contribution is 2.28. The minimum Gasteiger partial charge on any atom is -0.277 e. The molecule has 18 heavy (non-hydrogen) atoms. The van der Waals surface area contributed by atoms with Crippen molar-refractivity contribution in [3.05, 3.63) is 39.7 Å². The minimum atomic E-state index is -3.81. The van der Waals surface area contributed by atoms with Crippen molar-refractivity contribution in [2.45, 2.75) is 4.21 Å². The lowest BCUT2D eigenvalue weighted by atomic mass is 10.3. The van der Waals surface area contributed by atoms with Crippen LogP contribution in [0.25, 0.3) is 0 Å². The van der Waals surface area contributed by atoms with E-state index in [9.17, 15) is 12.8 Å². The Labute approximate surface area is 116 Å². The van der Waals surface area contributed by atoms with Gasteiger partial charge in [-0.05, 0) is 18.2 Å². The highest BCUT2D eigenvalue weighted by Gasteiger charge is 2.19. The van der Waals surface area contributed by atoms with Crippen molar-refractivity contribution in [1.29, 1.82) is 0 Å². The standard InChI is InChI=1S/C9H5Cl2FN2O2S2/c10-6-3-5(12)1-2-7(6)14-18(15,16)8-4-13-9(11)17-8/h1-4,14H. The van der Waals surface area contributed by atoms with E-state index in [2.05, 4.69) is 9.71 Å². The molecule has 0 saturated carbocycles. The molecule has 0 radical (unpaired) electrons. The molecule has 0 spiro atoms. The Morgan fingerprint density at radius 3 is 2.61 bits per heavy atom. The van der Waals surface area contributed by atoms with E-state index in [-0.39, 0.29) is 19.4 Å². The summed E-state index contributed by atoms with van der Waals surface area (Å²) in [4.78, 5) is 3.63. The SMILES string of the molecule is O=S(=O)(Nc1ccc(F)cc1Cl)c1cnc(Cl)s1. The smallest absolute Gasteiger partial charge is 0.273 e. The number of hydrogen-bond donors (Lipinski definition) is 1. The maximum absolute atomic E-state index is 12.8. The lowest BCUT2D eigenvalue weighted by Crippen LogP contribution is -2.11. The summed E-state index contributed by atoms with van der Waals surface area (Å²) in [6.45, 7) is 0. The summed E-state index contributed by atoms with van der Waals surface area (Å²) in [6, 6.07) is 3.35. The summed E-state index contributed by atoms with van der Waals surface area (Å²) in [5.41, 5.74) is 0.0857. The molecule has 1 aromatic heterocycles. The highest BCUT2D eigenvalue weighted by atomic mass is 35.5. The predicted molar refractivity (Wildman–Crippen MR) is 69.3 cm³/mol. The van der Waals surface area contributed by atoms with Crippen LogP contribution in [0.1, 0.15) is 0 Å². The molecule has 1 aromatic carbocycles. The number of aromatic nitrogens is 1. The molecule has 0 amide bonds. The molecule has 0 fully saturated rings. The number of rotatable bonds is 3. The van der Waals surface area contributed by atoms with Crippen LogP contribution in [0.3, 0.4) is 0 Å². The molecule has 1 N–H and O–H groups in total. The fraction of sp³-hybridized carbons (Fsp3) is 0. The van der Waals surface area contributed by atoms with E-state index >= 15 is 0 Å². The lowest BCUT2D eigenvalue weighted by molar-refractivity contribution is 0.602. The third kappa shape index (κ3) is 2.92. The van der Waals surface area contributed by atoms with Crippen LogP contribution in [0, 0.1) is 5.82 Å². The summed E-state index contributed by atoms with van der Waals surface area (Å²) in [5, 5.41) is -0.0332. The van der Waals surface area contributed by atoms with Gasteiger partial charge >= 0.3 is 0 Å². The largest absolute Gasteiger partial charge is 0.277 e. The number of nitrogens with zero attached hydrogens (tertiary/aromatic N) is 1. The second kappa shape index (κ2) is 5.00. The average molecular weight is 327 g/mol. The van der Waals surface area contributed by atoms with Gasteiger partial charge < -0.3 is 0 Å². The quantitative estimate of drug-likeness (QED) is 0.940. The summed E-state index contributed by atoms with van der Waals surface area (Å²) >= 11 is 12.1. The molecule has 0 unspecified atom stereocenters. The van der Waals surface area contributed by atoms with E-state index in [0.717, 1.165) is 29.7 Å². The van der Waals surface area contributed by atoms with E-state index in [1.165, 1.54) is 6.07 Å². The molecule has 2 rings (SSSR count). The van der Waals surface area contributed by atoms with Crippen LogP contribution < -0.4 is 4.72 Å². The van der Waals surface area contributed by atoms with Crippen molar-refractivity contribution >= 4 is 50.2 Å². The minimum absolute atomic E-state index is 0.0332. The van der Waals surface area contributed by atoms with Crippen molar-refractivity contribution in [1.82, 2.24) is 4.98 Å². The van der Waals surface area contributed by atoms with Crippen LogP contribution in [0.5, 0.6) is 0 Å². The van der Waals surface area contributed by atoms with E-state index in [0.29, 0.717) is 0 Å². The Morgan fingerprint density at radius 2 is 2.06 bits per heavy atom. The van der Waals surface area contributed by atoms with Gasteiger partial charge in [0.15, 0.2) is 8.68 Å². The predicted octanol–water partition coefficient (Wildman–Crippen LogP) is 3.39. The summed E-state index contributed by atoms with van der Waals surface area (Å²) in [7, 11) is -3.81. The molecular weight excluding hydrogens is 322 g/mol.